The zero-order valence-electron chi connectivity index (χ0n) is 11.9. The van der Waals surface area contributed by atoms with Gasteiger partial charge in [-0.3, -0.25) is 0 Å². The summed E-state index contributed by atoms with van der Waals surface area (Å²) in [4.78, 5) is 11.0. The summed E-state index contributed by atoms with van der Waals surface area (Å²) in [5.41, 5.74) is 0.0981. The van der Waals surface area contributed by atoms with E-state index in [1.54, 1.807) is 0 Å². The molecule has 0 radical (unpaired) electrons. The molecule has 1 atom stereocenters. The average molecular weight is 317 g/mol. The van der Waals surface area contributed by atoms with E-state index in [9.17, 15) is 13.2 Å². The molecular formula is C13H19NO6S. The first-order valence-corrected chi connectivity index (χ1v) is 7.76. The van der Waals surface area contributed by atoms with E-state index in [2.05, 4.69) is 4.72 Å². The molecule has 0 aliphatic carbocycles. The van der Waals surface area contributed by atoms with Gasteiger partial charge in [0.05, 0.1) is 17.1 Å². The van der Waals surface area contributed by atoms with Crippen LogP contribution in [0.1, 0.15) is 22.3 Å². The summed E-state index contributed by atoms with van der Waals surface area (Å²) in [6.45, 7) is 1.36. The summed E-state index contributed by atoms with van der Waals surface area (Å²) in [6, 6.07) is 3.48. The van der Waals surface area contributed by atoms with E-state index in [4.69, 9.17) is 14.9 Å². The number of carboxylic acid groups (broad SMARTS) is 1. The molecule has 1 aromatic rings. The van der Waals surface area contributed by atoms with Crippen molar-refractivity contribution in [1.82, 2.24) is 4.72 Å². The smallest absolute Gasteiger partial charge is 0.335 e. The van der Waals surface area contributed by atoms with Gasteiger partial charge in [-0.05, 0) is 31.0 Å². The molecule has 0 amide bonds. The number of sulfonamides is 1. The monoisotopic (exact) mass is 317 g/mol. The standard InChI is InChI=1S/C13H19NO6S/c1-9-11(13(16)17)4-3-5-12(9)21(18,19)14-10(6-7-15)8-20-2/h3-5,10,14-15H,6-8H2,1-2H3,(H,16,17). The lowest BCUT2D eigenvalue weighted by Gasteiger charge is -2.18. The minimum Gasteiger partial charge on any atom is -0.478 e. The molecule has 0 aliphatic rings. The van der Waals surface area contributed by atoms with Gasteiger partial charge in [0.25, 0.3) is 0 Å². The Morgan fingerprint density at radius 3 is 2.62 bits per heavy atom. The van der Waals surface area contributed by atoms with Crippen LogP contribution in [-0.4, -0.2) is 51.0 Å². The molecule has 118 valence electrons. The SMILES string of the molecule is COCC(CCO)NS(=O)(=O)c1cccc(C(=O)O)c1C. The summed E-state index contributed by atoms with van der Waals surface area (Å²) < 4.78 is 32.0. The Balaban J connectivity index is 3.13. The van der Waals surface area contributed by atoms with E-state index in [-0.39, 0.29) is 35.7 Å². The summed E-state index contributed by atoms with van der Waals surface area (Å²) >= 11 is 0. The molecule has 0 fully saturated rings. The van der Waals surface area contributed by atoms with E-state index in [1.165, 1.54) is 32.2 Å². The Morgan fingerprint density at radius 1 is 1.43 bits per heavy atom. The number of hydrogen-bond donors (Lipinski definition) is 3. The fourth-order valence-electron chi connectivity index (χ4n) is 1.95. The van der Waals surface area contributed by atoms with Crippen LogP contribution in [0.5, 0.6) is 0 Å². The third-order valence-corrected chi connectivity index (χ3v) is 4.64. The van der Waals surface area contributed by atoms with Crippen LogP contribution in [0.15, 0.2) is 23.1 Å². The van der Waals surface area contributed by atoms with Gasteiger partial charge in [-0.25, -0.2) is 17.9 Å². The van der Waals surface area contributed by atoms with Crippen molar-refractivity contribution < 1.29 is 28.2 Å². The van der Waals surface area contributed by atoms with E-state index in [0.717, 1.165) is 0 Å². The molecule has 0 aliphatic heterocycles. The van der Waals surface area contributed by atoms with Gasteiger partial charge in [0.1, 0.15) is 0 Å². The predicted molar refractivity (Wildman–Crippen MR) is 75.8 cm³/mol. The van der Waals surface area contributed by atoms with Crippen molar-refractivity contribution in [2.24, 2.45) is 0 Å². The first-order valence-electron chi connectivity index (χ1n) is 6.28. The number of rotatable bonds is 8. The fourth-order valence-corrected chi connectivity index (χ4v) is 3.48. The summed E-state index contributed by atoms with van der Waals surface area (Å²) in [6.07, 6.45) is 0.199. The van der Waals surface area contributed by atoms with Crippen molar-refractivity contribution in [3.05, 3.63) is 29.3 Å². The molecule has 0 spiro atoms. The fraction of sp³-hybridized carbons (Fsp3) is 0.462. The minimum absolute atomic E-state index is 0.0664. The first-order chi connectivity index (χ1) is 9.83. The van der Waals surface area contributed by atoms with Crippen molar-refractivity contribution in [3.8, 4) is 0 Å². The number of nitrogens with one attached hydrogen (secondary N) is 1. The Hall–Kier alpha value is -1.48. The first kappa shape index (κ1) is 17.6. The van der Waals surface area contributed by atoms with Crippen LogP contribution in [0.3, 0.4) is 0 Å². The Labute approximate surface area is 123 Å². The molecule has 0 bridgehead atoms. The van der Waals surface area contributed by atoms with Crippen LogP contribution in [0.2, 0.25) is 0 Å². The third-order valence-electron chi connectivity index (χ3n) is 2.97. The maximum absolute atomic E-state index is 12.3. The number of carboxylic acids is 1. The number of hydrogen-bond acceptors (Lipinski definition) is 5. The molecule has 1 aromatic carbocycles. The van der Waals surface area contributed by atoms with Crippen molar-refractivity contribution in [2.45, 2.75) is 24.3 Å². The molecule has 0 heterocycles. The van der Waals surface area contributed by atoms with Crippen molar-refractivity contribution in [2.75, 3.05) is 20.3 Å². The number of aliphatic hydroxyl groups excluding tert-OH is 1. The lowest BCUT2D eigenvalue weighted by Crippen LogP contribution is -2.39. The number of benzene rings is 1. The highest BCUT2D eigenvalue weighted by molar-refractivity contribution is 7.89. The molecule has 0 saturated carbocycles. The van der Waals surface area contributed by atoms with Crippen LogP contribution in [0, 0.1) is 6.92 Å². The Bertz CT molecular complexity index is 593. The Kier molecular flexibility index (Phi) is 6.28. The van der Waals surface area contributed by atoms with Gasteiger partial charge < -0.3 is 14.9 Å². The third kappa shape index (κ3) is 4.50. The van der Waals surface area contributed by atoms with Gasteiger partial charge in [-0.1, -0.05) is 6.07 Å². The van der Waals surface area contributed by atoms with Crippen LogP contribution in [0.4, 0.5) is 0 Å². The summed E-state index contributed by atoms with van der Waals surface area (Å²) in [5.74, 6) is -1.19. The molecule has 1 rings (SSSR count). The van der Waals surface area contributed by atoms with E-state index < -0.39 is 22.0 Å². The van der Waals surface area contributed by atoms with Crippen LogP contribution >= 0.6 is 0 Å². The van der Waals surface area contributed by atoms with E-state index in [1.807, 2.05) is 0 Å². The second-order valence-corrected chi connectivity index (χ2v) is 6.20. The highest BCUT2D eigenvalue weighted by Crippen LogP contribution is 2.19. The van der Waals surface area contributed by atoms with Gasteiger partial charge in [0, 0.05) is 19.8 Å². The normalized spacial score (nSPS) is 13.1. The Morgan fingerprint density at radius 2 is 2.10 bits per heavy atom. The van der Waals surface area contributed by atoms with Gasteiger partial charge in [-0.15, -0.1) is 0 Å². The predicted octanol–water partition coefficient (Wildman–Crippen LogP) is 0.369. The summed E-state index contributed by atoms with van der Waals surface area (Å²) in [5, 5.41) is 18.0. The van der Waals surface area contributed by atoms with Crippen molar-refractivity contribution in [3.63, 3.8) is 0 Å². The topological polar surface area (TPSA) is 113 Å². The van der Waals surface area contributed by atoms with Crippen molar-refractivity contribution >= 4 is 16.0 Å². The maximum atomic E-state index is 12.3. The van der Waals surface area contributed by atoms with Crippen LogP contribution < -0.4 is 4.72 Å². The average Bonchev–Trinajstić information content (AvgIpc) is 2.38. The zero-order chi connectivity index (χ0) is 16.0. The molecule has 8 heteroatoms. The highest BCUT2D eigenvalue weighted by Gasteiger charge is 2.23. The second kappa shape index (κ2) is 7.51. The molecule has 3 N–H and O–H groups in total. The molecule has 7 nitrogen and oxygen atoms in total. The summed E-state index contributed by atoms with van der Waals surface area (Å²) in [7, 11) is -2.47. The van der Waals surface area contributed by atoms with Gasteiger partial charge >= 0.3 is 5.97 Å². The second-order valence-electron chi connectivity index (χ2n) is 4.52. The number of aliphatic hydroxyl groups is 1. The largest absolute Gasteiger partial charge is 0.478 e. The lowest BCUT2D eigenvalue weighted by molar-refractivity contribution is 0.0696. The van der Waals surface area contributed by atoms with Crippen molar-refractivity contribution in [1.29, 1.82) is 0 Å². The van der Waals surface area contributed by atoms with Gasteiger partial charge in [0.2, 0.25) is 10.0 Å². The molecule has 21 heavy (non-hydrogen) atoms. The molecule has 0 aromatic heterocycles. The lowest BCUT2D eigenvalue weighted by atomic mass is 10.1. The number of aromatic carboxylic acids is 1. The number of ether oxygens (including phenoxy) is 1. The molecule has 0 saturated heterocycles. The van der Waals surface area contributed by atoms with Gasteiger partial charge in [0.15, 0.2) is 0 Å². The van der Waals surface area contributed by atoms with E-state index in [0.29, 0.717) is 0 Å². The van der Waals surface area contributed by atoms with E-state index >= 15 is 0 Å². The maximum Gasteiger partial charge on any atom is 0.335 e. The van der Waals surface area contributed by atoms with Gasteiger partial charge in [-0.2, -0.15) is 0 Å². The number of carbonyl (C=O) groups is 1. The highest BCUT2D eigenvalue weighted by atomic mass is 32.2. The minimum atomic E-state index is -3.90. The molecular weight excluding hydrogens is 298 g/mol. The van der Waals surface area contributed by atoms with Crippen LogP contribution in [0.25, 0.3) is 0 Å². The zero-order valence-corrected chi connectivity index (χ0v) is 12.7. The molecule has 1 unspecified atom stereocenters. The van der Waals surface area contributed by atoms with Crippen LogP contribution in [-0.2, 0) is 14.8 Å². The quantitative estimate of drug-likeness (QED) is 0.638. The number of methoxy groups -OCH3 is 1.